The Morgan fingerprint density at radius 2 is 1.74 bits per heavy atom. The number of benzene rings is 1. The van der Waals surface area contributed by atoms with Gasteiger partial charge < -0.3 is 5.11 Å². The van der Waals surface area contributed by atoms with Gasteiger partial charge in [0.05, 0.1) is 6.61 Å². The Bertz CT molecular complexity index is 762. The number of fused-ring (bicyclic) bond motifs is 5. The van der Waals surface area contributed by atoms with Gasteiger partial charge in [-0.05, 0) is 96.3 Å². The molecule has 3 aliphatic carbocycles. The summed E-state index contributed by atoms with van der Waals surface area (Å²) in [6, 6.07) is 6.66. The van der Waals surface area contributed by atoms with E-state index in [0.717, 1.165) is 23.8 Å². The van der Waals surface area contributed by atoms with Crippen LogP contribution in [0.15, 0.2) is 30.4 Å². The van der Waals surface area contributed by atoms with Crippen LogP contribution in [0.25, 0.3) is 0 Å². The fourth-order valence-electron chi connectivity index (χ4n) is 6.78. The van der Waals surface area contributed by atoms with Gasteiger partial charge in [-0.2, -0.15) is 0 Å². The van der Waals surface area contributed by atoms with Crippen LogP contribution < -0.4 is 0 Å². The van der Waals surface area contributed by atoms with Crippen LogP contribution in [0.2, 0.25) is 0 Å². The summed E-state index contributed by atoms with van der Waals surface area (Å²) in [6.07, 6.45) is 12.4. The summed E-state index contributed by atoms with van der Waals surface area (Å²) in [5.74, 6) is 3.56. The van der Waals surface area contributed by atoms with Crippen molar-refractivity contribution in [1.29, 1.82) is 0 Å². The molecule has 2 saturated carbocycles. The fourth-order valence-corrected chi connectivity index (χ4v) is 6.78. The molecular formula is C32H54O2. The number of carbonyl (C=O) groups excluding carboxylic acids is 1. The lowest BCUT2D eigenvalue weighted by Gasteiger charge is -2.50. The van der Waals surface area contributed by atoms with Crippen molar-refractivity contribution >= 4 is 5.78 Å². The lowest BCUT2D eigenvalue weighted by atomic mass is 9.54. The second-order valence-electron chi connectivity index (χ2n) is 10.3. The molecule has 1 aromatic rings. The van der Waals surface area contributed by atoms with Crippen LogP contribution in [-0.4, -0.2) is 10.9 Å². The van der Waals surface area contributed by atoms with E-state index in [-0.39, 0.29) is 6.61 Å². The molecule has 0 aromatic heterocycles. The van der Waals surface area contributed by atoms with Crippen molar-refractivity contribution < 1.29 is 9.90 Å². The standard InChI is InChI=1S/C26H36O2.3C2H6/c1-17(2)14-21(28)8-6-20-7-11-25-24-10-5-19-15-18(16-27)4-9-22(19)23(24)12-13-26(20,25)3;3*1-2/h4,6,8-9,15,17,20,23-25,27H,5,7,10-14,16H2,1-3H3;3*1-2H3/b8-6+;;;. The molecule has 194 valence electrons. The highest BCUT2D eigenvalue weighted by molar-refractivity contribution is 5.89. The first-order valence-electron chi connectivity index (χ1n) is 14.4. The average molecular weight is 471 g/mol. The Labute approximate surface area is 211 Å². The van der Waals surface area contributed by atoms with E-state index < -0.39 is 0 Å². The Morgan fingerprint density at radius 1 is 1.06 bits per heavy atom. The predicted octanol–water partition coefficient (Wildman–Crippen LogP) is 8.90. The van der Waals surface area contributed by atoms with Crippen molar-refractivity contribution in [2.45, 2.75) is 120 Å². The van der Waals surface area contributed by atoms with E-state index in [4.69, 9.17) is 0 Å². The Hall–Kier alpha value is -1.41. The largest absolute Gasteiger partial charge is 0.392 e. The molecule has 2 nitrogen and oxygen atoms in total. The summed E-state index contributed by atoms with van der Waals surface area (Å²) in [6.45, 7) is 18.9. The molecule has 0 saturated heterocycles. The van der Waals surface area contributed by atoms with Crippen LogP contribution in [0.4, 0.5) is 0 Å². The molecule has 0 spiro atoms. The predicted molar refractivity (Wildman–Crippen MR) is 148 cm³/mol. The minimum absolute atomic E-state index is 0.144. The molecule has 5 unspecified atom stereocenters. The smallest absolute Gasteiger partial charge is 0.155 e. The zero-order chi connectivity index (χ0) is 25.9. The normalized spacial score (nSPS) is 28.8. The van der Waals surface area contributed by atoms with Crippen LogP contribution in [-0.2, 0) is 17.8 Å². The van der Waals surface area contributed by atoms with Crippen molar-refractivity contribution in [3.8, 4) is 0 Å². The second-order valence-corrected chi connectivity index (χ2v) is 10.3. The molecule has 2 heteroatoms. The van der Waals surface area contributed by atoms with Gasteiger partial charge in [0.25, 0.3) is 0 Å². The maximum Gasteiger partial charge on any atom is 0.155 e. The van der Waals surface area contributed by atoms with Crippen molar-refractivity contribution in [3.05, 3.63) is 47.0 Å². The zero-order valence-corrected chi connectivity index (χ0v) is 23.8. The summed E-state index contributed by atoms with van der Waals surface area (Å²) >= 11 is 0. The first-order chi connectivity index (χ1) is 16.4. The molecule has 34 heavy (non-hydrogen) atoms. The molecule has 0 bridgehead atoms. The van der Waals surface area contributed by atoms with E-state index in [2.05, 4.69) is 45.0 Å². The Morgan fingerprint density at radius 3 is 2.35 bits per heavy atom. The number of aliphatic hydroxyl groups excluding tert-OH is 1. The molecule has 1 N–H and O–H groups in total. The highest BCUT2D eigenvalue weighted by atomic mass is 16.3. The lowest BCUT2D eigenvalue weighted by molar-refractivity contribution is -0.115. The third-order valence-corrected chi connectivity index (χ3v) is 8.17. The molecule has 4 rings (SSSR count). The van der Waals surface area contributed by atoms with E-state index in [1.54, 1.807) is 5.56 Å². The molecule has 5 atom stereocenters. The van der Waals surface area contributed by atoms with E-state index in [0.29, 0.717) is 35.4 Å². The van der Waals surface area contributed by atoms with Crippen molar-refractivity contribution in [3.63, 3.8) is 0 Å². The molecular weight excluding hydrogens is 416 g/mol. The van der Waals surface area contributed by atoms with Gasteiger partial charge in [0.1, 0.15) is 0 Å². The fraction of sp³-hybridized carbons (Fsp3) is 0.719. The first-order valence-corrected chi connectivity index (χ1v) is 14.4. The molecule has 0 aliphatic heterocycles. The number of aliphatic hydroxyl groups is 1. The summed E-state index contributed by atoms with van der Waals surface area (Å²) < 4.78 is 0. The monoisotopic (exact) mass is 470 g/mol. The van der Waals surface area contributed by atoms with Crippen LogP contribution in [0.5, 0.6) is 0 Å². The lowest BCUT2D eigenvalue weighted by Crippen LogP contribution is -2.42. The molecule has 0 radical (unpaired) electrons. The number of rotatable bonds is 5. The van der Waals surface area contributed by atoms with Crippen molar-refractivity contribution in [2.24, 2.45) is 29.1 Å². The summed E-state index contributed by atoms with van der Waals surface area (Å²) in [4.78, 5) is 12.2. The Balaban J connectivity index is 0.000000894. The first kappa shape index (κ1) is 30.6. The zero-order valence-electron chi connectivity index (χ0n) is 23.8. The number of hydrogen-bond acceptors (Lipinski definition) is 2. The minimum atomic E-state index is 0.144. The van der Waals surface area contributed by atoms with Crippen molar-refractivity contribution in [1.82, 2.24) is 0 Å². The van der Waals surface area contributed by atoms with Crippen LogP contribution in [0.3, 0.4) is 0 Å². The van der Waals surface area contributed by atoms with Crippen molar-refractivity contribution in [2.75, 3.05) is 0 Å². The van der Waals surface area contributed by atoms with Crippen LogP contribution in [0.1, 0.15) is 123 Å². The van der Waals surface area contributed by atoms with Gasteiger partial charge in [-0.1, -0.05) is 86.6 Å². The summed E-state index contributed by atoms with van der Waals surface area (Å²) in [7, 11) is 0. The molecule has 3 aliphatic rings. The third-order valence-electron chi connectivity index (χ3n) is 8.17. The number of allylic oxidation sites excluding steroid dienone is 2. The maximum absolute atomic E-state index is 12.2. The number of aryl methyl sites for hydroxylation is 1. The maximum atomic E-state index is 12.2. The molecule has 1 aromatic carbocycles. The SMILES string of the molecule is CC.CC.CC.CC(C)CC(=O)/C=C/C1CCC2C3CCc4cc(CO)ccc4C3CCC12C. The number of hydrogen-bond donors (Lipinski definition) is 1. The molecule has 0 heterocycles. The van der Waals surface area contributed by atoms with Crippen LogP contribution >= 0.6 is 0 Å². The van der Waals surface area contributed by atoms with Gasteiger partial charge in [0, 0.05) is 6.42 Å². The number of carbonyl (C=O) groups is 1. The average Bonchev–Trinajstić information content (AvgIpc) is 3.21. The molecule has 2 fully saturated rings. The quantitative estimate of drug-likeness (QED) is 0.436. The molecule has 0 amide bonds. The highest BCUT2D eigenvalue weighted by Gasteiger charge is 2.53. The second kappa shape index (κ2) is 14.9. The van der Waals surface area contributed by atoms with E-state index in [1.807, 2.05) is 47.6 Å². The number of ketones is 1. The highest BCUT2D eigenvalue weighted by Crippen LogP contribution is 2.63. The Kier molecular flexibility index (Phi) is 13.4. The minimum Gasteiger partial charge on any atom is -0.392 e. The van der Waals surface area contributed by atoms with Gasteiger partial charge >= 0.3 is 0 Å². The van der Waals surface area contributed by atoms with E-state index in [1.165, 1.54) is 37.7 Å². The van der Waals surface area contributed by atoms with E-state index >= 15 is 0 Å². The van der Waals surface area contributed by atoms with Crippen LogP contribution in [0, 0.1) is 29.1 Å². The third kappa shape index (κ3) is 6.84. The van der Waals surface area contributed by atoms with Gasteiger partial charge in [-0.15, -0.1) is 0 Å². The van der Waals surface area contributed by atoms with E-state index in [9.17, 15) is 9.90 Å². The topological polar surface area (TPSA) is 37.3 Å². The van der Waals surface area contributed by atoms with Gasteiger partial charge in [0.15, 0.2) is 5.78 Å². The van der Waals surface area contributed by atoms with Gasteiger partial charge in [-0.25, -0.2) is 0 Å². The summed E-state index contributed by atoms with van der Waals surface area (Å²) in [5.41, 5.74) is 4.44. The van der Waals surface area contributed by atoms with Gasteiger partial charge in [0.2, 0.25) is 0 Å². The van der Waals surface area contributed by atoms with Gasteiger partial charge in [-0.3, -0.25) is 4.79 Å². The summed E-state index contributed by atoms with van der Waals surface area (Å²) in [5, 5.41) is 9.46.